The minimum absolute atomic E-state index is 0.320. The van der Waals surface area contributed by atoms with Crippen molar-refractivity contribution >= 4 is 5.82 Å². The second-order valence-corrected chi connectivity index (χ2v) is 8.61. The van der Waals surface area contributed by atoms with E-state index in [9.17, 15) is 0 Å². The van der Waals surface area contributed by atoms with Crippen molar-refractivity contribution in [1.82, 2.24) is 29.9 Å². The first-order chi connectivity index (χ1) is 15.5. The average molecular weight is 430 g/mol. The van der Waals surface area contributed by atoms with Crippen LogP contribution in [0, 0.1) is 19.8 Å². The van der Waals surface area contributed by atoms with E-state index in [2.05, 4.69) is 43.2 Å². The average Bonchev–Trinajstić information content (AvgIpc) is 3.42. The van der Waals surface area contributed by atoms with Gasteiger partial charge in [-0.15, -0.1) is 15.3 Å². The molecule has 32 heavy (non-hydrogen) atoms. The molecule has 0 radical (unpaired) electrons. The molecule has 0 bridgehead atoms. The Morgan fingerprint density at radius 2 is 1.75 bits per heavy atom. The zero-order chi connectivity index (χ0) is 22.1. The van der Waals surface area contributed by atoms with Crippen LogP contribution in [-0.2, 0) is 6.54 Å². The van der Waals surface area contributed by atoms with Gasteiger partial charge in [0.25, 0.3) is 5.89 Å². The van der Waals surface area contributed by atoms with E-state index in [1.807, 2.05) is 55.1 Å². The summed E-state index contributed by atoms with van der Waals surface area (Å²) in [5.74, 6) is 3.84. The second-order valence-electron chi connectivity index (χ2n) is 8.61. The third kappa shape index (κ3) is 4.26. The number of piperidine rings is 1. The topological polar surface area (TPSA) is 85.8 Å². The highest BCUT2D eigenvalue weighted by molar-refractivity contribution is 5.55. The van der Waals surface area contributed by atoms with E-state index in [-0.39, 0.29) is 0 Å². The normalized spacial score (nSPS) is 14.8. The predicted octanol–water partition coefficient (Wildman–Crippen LogP) is 4.29. The van der Waals surface area contributed by atoms with Gasteiger partial charge in [-0.2, -0.15) is 0 Å². The quantitative estimate of drug-likeness (QED) is 0.468. The Hall–Kier alpha value is -3.55. The molecule has 1 aliphatic rings. The highest BCUT2D eigenvalue weighted by Crippen LogP contribution is 2.24. The Balaban J connectivity index is 1.33. The third-order valence-corrected chi connectivity index (χ3v) is 6.02. The maximum absolute atomic E-state index is 5.84. The number of aromatic nitrogens is 6. The first-order valence-electron chi connectivity index (χ1n) is 11.1. The second kappa shape index (κ2) is 8.53. The highest BCUT2D eigenvalue weighted by atomic mass is 16.4. The molecule has 0 N–H and O–H groups in total. The molecule has 4 heterocycles. The molecule has 1 fully saturated rings. The fourth-order valence-corrected chi connectivity index (χ4v) is 3.93. The van der Waals surface area contributed by atoms with Gasteiger partial charge in [0.15, 0.2) is 0 Å². The number of benzene rings is 1. The van der Waals surface area contributed by atoms with E-state index >= 15 is 0 Å². The van der Waals surface area contributed by atoms with Crippen LogP contribution in [0.25, 0.3) is 23.2 Å². The van der Waals surface area contributed by atoms with Crippen LogP contribution in [0.5, 0.6) is 0 Å². The Morgan fingerprint density at radius 1 is 1.00 bits per heavy atom. The molecule has 0 aliphatic carbocycles. The number of hydrogen-bond donors (Lipinski definition) is 0. The maximum Gasteiger partial charge on any atom is 0.287 e. The van der Waals surface area contributed by atoms with Gasteiger partial charge in [0.1, 0.15) is 11.6 Å². The summed E-state index contributed by atoms with van der Waals surface area (Å²) in [5, 5.41) is 12.9. The summed E-state index contributed by atoms with van der Waals surface area (Å²) in [5.41, 5.74) is 3.19. The van der Waals surface area contributed by atoms with Gasteiger partial charge in [-0.1, -0.05) is 24.6 Å². The largest absolute Gasteiger partial charge is 0.413 e. The molecular formula is C24H27N7O. The minimum atomic E-state index is 0.320. The fourth-order valence-electron chi connectivity index (χ4n) is 3.93. The van der Waals surface area contributed by atoms with Gasteiger partial charge in [-0.05, 0) is 62.4 Å². The molecule has 0 unspecified atom stereocenters. The minimum Gasteiger partial charge on any atom is -0.413 e. The Morgan fingerprint density at radius 3 is 2.53 bits per heavy atom. The summed E-state index contributed by atoms with van der Waals surface area (Å²) in [6.07, 6.45) is 4.31. The number of hydrogen-bond acceptors (Lipinski definition) is 7. The van der Waals surface area contributed by atoms with Gasteiger partial charge in [0, 0.05) is 24.8 Å². The lowest BCUT2D eigenvalue weighted by Crippen LogP contribution is -2.33. The molecule has 0 amide bonds. The standard InChI is InChI=1S/C24H27N7O/c1-16-4-6-20(7-5-16)23-27-28-24(32-23)22-26-18(3)31(29-22)15-19-8-11-25-21(14-19)30-12-9-17(2)10-13-30/h4-8,11,14,17H,9-10,12-13,15H2,1-3H3. The molecule has 4 aromatic rings. The molecule has 1 aromatic carbocycles. The Bertz CT molecular complexity index is 1200. The predicted molar refractivity (Wildman–Crippen MR) is 122 cm³/mol. The van der Waals surface area contributed by atoms with Gasteiger partial charge in [-0.25, -0.2) is 14.6 Å². The van der Waals surface area contributed by atoms with Crippen LogP contribution in [-0.4, -0.2) is 43.0 Å². The lowest BCUT2D eigenvalue weighted by molar-refractivity contribution is 0.436. The lowest BCUT2D eigenvalue weighted by Gasteiger charge is -2.31. The van der Waals surface area contributed by atoms with Crippen molar-refractivity contribution in [3.63, 3.8) is 0 Å². The summed E-state index contributed by atoms with van der Waals surface area (Å²) >= 11 is 0. The molecule has 3 aromatic heterocycles. The number of pyridine rings is 1. The van der Waals surface area contributed by atoms with Crippen LogP contribution in [0.4, 0.5) is 5.82 Å². The van der Waals surface area contributed by atoms with Crippen molar-refractivity contribution < 1.29 is 4.42 Å². The van der Waals surface area contributed by atoms with Crippen LogP contribution in [0.3, 0.4) is 0 Å². The van der Waals surface area contributed by atoms with Crippen molar-refractivity contribution in [3.05, 3.63) is 59.5 Å². The summed E-state index contributed by atoms with van der Waals surface area (Å²) < 4.78 is 7.71. The van der Waals surface area contributed by atoms with Crippen molar-refractivity contribution in [2.75, 3.05) is 18.0 Å². The molecule has 1 aliphatic heterocycles. The smallest absolute Gasteiger partial charge is 0.287 e. The fraction of sp³-hybridized carbons (Fsp3) is 0.375. The van der Waals surface area contributed by atoms with E-state index in [0.717, 1.165) is 41.8 Å². The van der Waals surface area contributed by atoms with Crippen molar-refractivity contribution in [2.45, 2.75) is 40.2 Å². The van der Waals surface area contributed by atoms with Gasteiger partial charge in [0.2, 0.25) is 11.7 Å². The van der Waals surface area contributed by atoms with E-state index in [1.54, 1.807) is 0 Å². The van der Waals surface area contributed by atoms with Crippen LogP contribution in [0.1, 0.15) is 36.7 Å². The maximum atomic E-state index is 5.84. The summed E-state index contributed by atoms with van der Waals surface area (Å²) in [7, 11) is 0. The number of nitrogens with zero attached hydrogens (tertiary/aromatic N) is 7. The summed E-state index contributed by atoms with van der Waals surface area (Å²) in [4.78, 5) is 11.5. The van der Waals surface area contributed by atoms with Gasteiger partial charge in [0.05, 0.1) is 6.54 Å². The van der Waals surface area contributed by atoms with Crippen LogP contribution in [0.15, 0.2) is 47.0 Å². The number of rotatable bonds is 5. The molecule has 0 saturated carbocycles. The van der Waals surface area contributed by atoms with Gasteiger partial charge < -0.3 is 9.32 Å². The molecule has 5 rings (SSSR count). The SMILES string of the molecule is Cc1ccc(-c2nnc(-c3nc(C)n(Cc4ccnc(N5CCC(C)CC5)c4)n3)o2)cc1. The van der Waals surface area contributed by atoms with Crippen LogP contribution < -0.4 is 4.90 Å². The molecule has 164 valence electrons. The Labute approximate surface area is 187 Å². The lowest BCUT2D eigenvalue weighted by atomic mass is 9.99. The Kier molecular flexibility index (Phi) is 5.43. The zero-order valence-corrected chi connectivity index (χ0v) is 18.7. The molecule has 8 heteroatoms. The summed E-state index contributed by atoms with van der Waals surface area (Å²) in [6.45, 7) is 9.02. The van der Waals surface area contributed by atoms with E-state index in [1.165, 1.54) is 18.4 Å². The van der Waals surface area contributed by atoms with Gasteiger partial charge in [-0.3, -0.25) is 0 Å². The van der Waals surface area contributed by atoms with Crippen molar-refractivity contribution in [2.24, 2.45) is 5.92 Å². The first-order valence-corrected chi connectivity index (χ1v) is 11.1. The molecule has 8 nitrogen and oxygen atoms in total. The van der Waals surface area contributed by atoms with Crippen molar-refractivity contribution in [3.8, 4) is 23.2 Å². The van der Waals surface area contributed by atoms with Gasteiger partial charge >= 0.3 is 0 Å². The molecule has 0 spiro atoms. The molecule has 0 atom stereocenters. The number of anilines is 1. The third-order valence-electron chi connectivity index (χ3n) is 6.02. The number of aryl methyl sites for hydroxylation is 2. The molecule has 1 saturated heterocycles. The van der Waals surface area contributed by atoms with Crippen molar-refractivity contribution in [1.29, 1.82) is 0 Å². The summed E-state index contributed by atoms with van der Waals surface area (Å²) in [6, 6.07) is 12.1. The monoisotopic (exact) mass is 429 g/mol. The zero-order valence-electron chi connectivity index (χ0n) is 18.7. The van der Waals surface area contributed by atoms with E-state index in [4.69, 9.17) is 4.42 Å². The van der Waals surface area contributed by atoms with E-state index in [0.29, 0.717) is 24.2 Å². The molecular weight excluding hydrogens is 402 g/mol. The van der Waals surface area contributed by atoms with Crippen LogP contribution >= 0.6 is 0 Å². The highest BCUT2D eigenvalue weighted by Gasteiger charge is 2.19. The van der Waals surface area contributed by atoms with E-state index < -0.39 is 0 Å². The van der Waals surface area contributed by atoms with Crippen LogP contribution in [0.2, 0.25) is 0 Å². The first kappa shape index (κ1) is 20.4.